The lowest BCUT2D eigenvalue weighted by molar-refractivity contribution is 0.633. The van der Waals surface area contributed by atoms with E-state index in [-0.39, 0.29) is 11.6 Å². The highest BCUT2D eigenvalue weighted by Gasteiger charge is 2.15. The van der Waals surface area contributed by atoms with E-state index in [2.05, 4.69) is 45.7 Å². The Morgan fingerprint density at radius 2 is 1.66 bits per heavy atom. The third kappa shape index (κ3) is 3.93. The summed E-state index contributed by atoms with van der Waals surface area (Å²) in [5.41, 5.74) is 3.32. The van der Waals surface area contributed by atoms with Crippen molar-refractivity contribution < 1.29 is 0 Å². The minimum atomic E-state index is -0.202. The van der Waals surface area contributed by atoms with E-state index in [4.69, 9.17) is 4.98 Å². The van der Waals surface area contributed by atoms with Crippen LogP contribution in [0.4, 0.5) is 11.6 Å². The number of benzene rings is 3. The van der Waals surface area contributed by atoms with Gasteiger partial charge in [0.1, 0.15) is 5.65 Å². The highest BCUT2D eigenvalue weighted by molar-refractivity contribution is 5.83. The van der Waals surface area contributed by atoms with E-state index < -0.39 is 0 Å². The van der Waals surface area contributed by atoms with Crippen molar-refractivity contribution in [3.63, 3.8) is 0 Å². The summed E-state index contributed by atoms with van der Waals surface area (Å²) in [5, 5.41) is 10.6. The maximum Gasteiger partial charge on any atom is 0.252 e. The second-order valence-corrected chi connectivity index (χ2v) is 8.42. The Labute approximate surface area is 201 Å². The van der Waals surface area contributed by atoms with Crippen LogP contribution in [0, 0.1) is 0 Å². The van der Waals surface area contributed by atoms with Crippen molar-refractivity contribution >= 4 is 33.4 Å². The maximum atomic E-state index is 13.0. The van der Waals surface area contributed by atoms with E-state index in [0.717, 1.165) is 27.7 Å². The second kappa shape index (κ2) is 8.53. The van der Waals surface area contributed by atoms with Crippen molar-refractivity contribution in [3.8, 4) is 5.69 Å². The Morgan fingerprint density at radius 1 is 0.857 bits per heavy atom. The Kier molecular flexibility index (Phi) is 5.07. The van der Waals surface area contributed by atoms with Crippen LogP contribution < -0.4 is 10.9 Å². The van der Waals surface area contributed by atoms with Crippen LogP contribution in [-0.4, -0.2) is 24.3 Å². The molecule has 6 aromatic rings. The van der Waals surface area contributed by atoms with Gasteiger partial charge >= 0.3 is 0 Å². The molecule has 0 bridgehead atoms. The van der Waals surface area contributed by atoms with Crippen LogP contribution in [0.5, 0.6) is 0 Å². The molecule has 170 valence electrons. The van der Waals surface area contributed by atoms with Crippen molar-refractivity contribution in [1.29, 1.82) is 0 Å². The zero-order chi connectivity index (χ0) is 23.8. The zero-order valence-electron chi connectivity index (χ0n) is 19.0. The lowest BCUT2D eigenvalue weighted by Gasteiger charge is -2.18. The molecule has 3 aromatic heterocycles. The van der Waals surface area contributed by atoms with Crippen LogP contribution in [0.25, 0.3) is 27.5 Å². The lowest BCUT2D eigenvalue weighted by atomic mass is 10.0. The maximum absolute atomic E-state index is 13.0. The van der Waals surface area contributed by atoms with Crippen molar-refractivity contribution in [2.24, 2.45) is 0 Å². The van der Waals surface area contributed by atoms with Gasteiger partial charge in [0.25, 0.3) is 5.56 Å². The predicted octanol–water partition coefficient (Wildman–Crippen LogP) is 5.48. The van der Waals surface area contributed by atoms with Gasteiger partial charge in [-0.15, -0.1) is 0 Å². The monoisotopic (exact) mass is 458 g/mol. The average Bonchev–Trinajstić information content (AvgIpc) is 3.43. The standard InChI is InChI=1S/C28H22N6O/c1-19(21-8-7-20-5-2-3-6-22(20)17-21)34-26(35)14-9-23-18-29-28(32-27(23)34)31-24-10-12-25(13-11-24)33-16-4-15-30-33/h2-19H,1H3,(H,29,31,32). The zero-order valence-corrected chi connectivity index (χ0v) is 19.0. The smallest absolute Gasteiger partial charge is 0.252 e. The number of nitrogens with zero attached hydrogens (tertiary/aromatic N) is 5. The molecule has 3 heterocycles. The SMILES string of the molecule is CC(c1ccc2ccccc2c1)n1c(=O)ccc2cnc(Nc3ccc(-n4cccn4)cc3)nc21. The van der Waals surface area contributed by atoms with Gasteiger partial charge in [0.15, 0.2) is 0 Å². The van der Waals surface area contributed by atoms with Gasteiger partial charge in [0.2, 0.25) is 5.95 Å². The molecule has 0 aliphatic heterocycles. The fraction of sp³-hybridized carbons (Fsp3) is 0.0714. The Morgan fingerprint density at radius 3 is 2.46 bits per heavy atom. The van der Waals surface area contributed by atoms with Crippen molar-refractivity contribution in [2.75, 3.05) is 5.32 Å². The first kappa shape index (κ1) is 20.8. The number of fused-ring (bicyclic) bond motifs is 2. The third-order valence-electron chi connectivity index (χ3n) is 6.20. The second-order valence-electron chi connectivity index (χ2n) is 8.42. The molecule has 0 aliphatic carbocycles. The van der Waals surface area contributed by atoms with Crippen LogP contribution in [-0.2, 0) is 0 Å². The van der Waals surface area contributed by atoms with Gasteiger partial charge in [0.05, 0.1) is 11.7 Å². The summed E-state index contributed by atoms with van der Waals surface area (Å²) in [6.45, 7) is 2.02. The van der Waals surface area contributed by atoms with Crippen LogP contribution in [0.2, 0.25) is 0 Å². The molecule has 0 amide bonds. The summed E-state index contributed by atoms with van der Waals surface area (Å²) in [5.74, 6) is 0.425. The molecule has 0 saturated carbocycles. The molecule has 35 heavy (non-hydrogen) atoms. The first-order valence-corrected chi connectivity index (χ1v) is 11.4. The van der Waals surface area contributed by atoms with Gasteiger partial charge in [-0.25, -0.2) is 9.67 Å². The molecule has 6 rings (SSSR count). The molecule has 7 nitrogen and oxygen atoms in total. The highest BCUT2D eigenvalue weighted by Crippen LogP contribution is 2.25. The van der Waals surface area contributed by atoms with Gasteiger partial charge in [-0.3, -0.25) is 9.36 Å². The molecule has 3 aromatic carbocycles. The molecule has 7 heteroatoms. The molecule has 0 spiro atoms. The normalized spacial score (nSPS) is 12.1. The third-order valence-corrected chi connectivity index (χ3v) is 6.20. The fourth-order valence-corrected chi connectivity index (χ4v) is 4.34. The summed E-state index contributed by atoms with van der Waals surface area (Å²) in [6, 6.07) is 27.3. The molecule has 1 atom stereocenters. The average molecular weight is 459 g/mol. The van der Waals surface area contributed by atoms with Crippen molar-refractivity contribution in [2.45, 2.75) is 13.0 Å². The van der Waals surface area contributed by atoms with Gasteiger partial charge < -0.3 is 5.32 Å². The molecular weight excluding hydrogens is 436 g/mol. The first-order chi connectivity index (χ1) is 17.2. The quantitative estimate of drug-likeness (QED) is 0.370. The minimum Gasteiger partial charge on any atom is -0.324 e. The summed E-state index contributed by atoms with van der Waals surface area (Å²) in [7, 11) is 0. The van der Waals surface area contributed by atoms with Crippen LogP contribution >= 0.6 is 0 Å². The van der Waals surface area contributed by atoms with Crippen molar-refractivity contribution in [3.05, 3.63) is 119 Å². The molecule has 1 unspecified atom stereocenters. The summed E-state index contributed by atoms with van der Waals surface area (Å²) in [6.07, 6.45) is 5.38. The largest absolute Gasteiger partial charge is 0.324 e. The minimum absolute atomic E-state index is 0.105. The summed E-state index contributed by atoms with van der Waals surface area (Å²) < 4.78 is 3.52. The van der Waals surface area contributed by atoms with E-state index in [0.29, 0.717) is 11.6 Å². The fourth-order valence-electron chi connectivity index (χ4n) is 4.34. The Balaban J connectivity index is 1.36. The van der Waals surface area contributed by atoms with Gasteiger partial charge in [-0.1, -0.05) is 36.4 Å². The van der Waals surface area contributed by atoms with Gasteiger partial charge in [0, 0.05) is 35.7 Å². The van der Waals surface area contributed by atoms with E-state index in [1.165, 1.54) is 5.39 Å². The molecule has 0 radical (unpaired) electrons. The predicted molar refractivity (Wildman–Crippen MR) is 138 cm³/mol. The molecule has 1 N–H and O–H groups in total. The number of hydrogen-bond donors (Lipinski definition) is 1. The number of nitrogens with one attached hydrogen (secondary N) is 1. The van der Waals surface area contributed by atoms with E-state index in [9.17, 15) is 4.79 Å². The summed E-state index contributed by atoms with van der Waals surface area (Å²) in [4.78, 5) is 22.2. The topological polar surface area (TPSA) is 77.6 Å². The molecular formula is C28H22N6O. The first-order valence-electron chi connectivity index (χ1n) is 11.4. The number of hydrogen-bond acceptors (Lipinski definition) is 5. The van der Waals surface area contributed by atoms with Crippen LogP contribution in [0.15, 0.2) is 108 Å². The van der Waals surface area contributed by atoms with Crippen molar-refractivity contribution in [1.82, 2.24) is 24.3 Å². The van der Waals surface area contributed by atoms with E-state index in [1.807, 2.05) is 55.6 Å². The number of aromatic nitrogens is 5. The molecule has 0 fully saturated rings. The van der Waals surface area contributed by atoms with Gasteiger partial charge in [-0.05, 0) is 65.7 Å². The summed E-state index contributed by atoms with van der Waals surface area (Å²) >= 11 is 0. The Bertz CT molecular complexity index is 1700. The Hall–Kier alpha value is -4.78. The lowest BCUT2D eigenvalue weighted by Crippen LogP contribution is -2.24. The van der Waals surface area contributed by atoms with E-state index >= 15 is 0 Å². The van der Waals surface area contributed by atoms with Crippen LogP contribution in [0.3, 0.4) is 0 Å². The number of pyridine rings is 1. The number of anilines is 2. The van der Waals surface area contributed by atoms with E-state index in [1.54, 1.807) is 33.8 Å². The van der Waals surface area contributed by atoms with Gasteiger partial charge in [-0.2, -0.15) is 10.1 Å². The van der Waals surface area contributed by atoms with Crippen LogP contribution in [0.1, 0.15) is 18.5 Å². The molecule has 0 aliphatic rings. The number of rotatable bonds is 5. The highest BCUT2D eigenvalue weighted by atomic mass is 16.1. The molecule has 0 saturated heterocycles.